The fourth-order valence-electron chi connectivity index (χ4n) is 4.17. The molecule has 0 saturated carbocycles. The smallest absolute Gasteiger partial charge is 0.257 e. The van der Waals surface area contributed by atoms with Crippen molar-refractivity contribution in [1.29, 1.82) is 0 Å². The normalized spacial score (nSPS) is 10.9. The largest absolute Gasteiger partial charge is 0.494 e. The number of nitrogens with one attached hydrogen (secondary N) is 2. The number of amides is 1. The van der Waals surface area contributed by atoms with E-state index in [0.29, 0.717) is 28.5 Å². The van der Waals surface area contributed by atoms with Crippen molar-refractivity contribution in [3.63, 3.8) is 0 Å². The number of benzene rings is 2. The predicted octanol–water partition coefficient (Wildman–Crippen LogP) is 3.96. The van der Waals surface area contributed by atoms with E-state index >= 15 is 0 Å². The van der Waals surface area contributed by atoms with Gasteiger partial charge in [-0.3, -0.25) is 14.2 Å². The summed E-state index contributed by atoms with van der Waals surface area (Å²) in [6, 6.07) is 14.5. The third-order valence-corrected chi connectivity index (χ3v) is 6.28. The number of para-hydroxylation sites is 1. The molecule has 0 saturated heterocycles. The molecule has 4 aromatic rings. The molecule has 0 radical (unpaired) electrons. The van der Waals surface area contributed by atoms with Gasteiger partial charge in [0.2, 0.25) is 11.9 Å². The Balaban J connectivity index is 1.80. The number of nitrogens with zero attached hydrogens (tertiary/aromatic N) is 5. The molecule has 0 atom stereocenters. The molecule has 0 aliphatic heterocycles. The maximum Gasteiger partial charge on any atom is 0.257 e. The van der Waals surface area contributed by atoms with E-state index < -0.39 is 0 Å². The van der Waals surface area contributed by atoms with Crippen LogP contribution in [-0.2, 0) is 4.79 Å². The lowest BCUT2D eigenvalue weighted by atomic mass is 10.2. The predicted molar refractivity (Wildman–Crippen MR) is 157 cm³/mol. The Morgan fingerprint density at radius 1 is 1.10 bits per heavy atom. The SMILES string of the molecule is C=CC(=O)Nc1cc(Nc2ncc3c(C)cc(=O)n(-c4ccccc4)c3n2)c(OC)cc1N(C)CCN(C)C. The van der Waals surface area contributed by atoms with Crippen LogP contribution in [-0.4, -0.2) is 66.7 Å². The van der Waals surface area contributed by atoms with E-state index in [4.69, 9.17) is 9.72 Å². The number of hydrogen-bond acceptors (Lipinski definition) is 8. The van der Waals surface area contributed by atoms with E-state index in [1.165, 1.54) is 6.08 Å². The number of hydrogen-bond donors (Lipinski definition) is 2. The summed E-state index contributed by atoms with van der Waals surface area (Å²) in [6.45, 7) is 6.98. The molecule has 39 heavy (non-hydrogen) atoms. The van der Waals surface area contributed by atoms with Crippen molar-refractivity contribution in [3.05, 3.63) is 83.3 Å². The van der Waals surface area contributed by atoms with Crippen LogP contribution in [0.25, 0.3) is 16.7 Å². The number of aromatic nitrogens is 3. The standard InChI is InChI=1S/C29H33N7O3/c1-7-26(37)31-22-16-23(25(39-6)17-24(22)35(5)14-13-34(3)4)32-29-30-18-21-19(2)15-27(38)36(28(21)33-29)20-11-9-8-10-12-20/h7-12,15-18H,1,13-14H2,2-6H3,(H,31,37)(H,30,32,33). The molecular formula is C29H33N7O3. The van der Waals surface area contributed by atoms with Crippen LogP contribution in [0.3, 0.4) is 0 Å². The van der Waals surface area contributed by atoms with Gasteiger partial charge in [-0.25, -0.2) is 4.98 Å². The highest BCUT2D eigenvalue weighted by Gasteiger charge is 2.17. The van der Waals surface area contributed by atoms with Crippen LogP contribution in [0.15, 0.2) is 72.2 Å². The molecule has 1 amide bonds. The average molecular weight is 528 g/mol. The van der Waals surface area contributed by atoms with Crippen molar-refractivity contribution in [2.45, 2.75) is 6.92 Å². The Kier molecular flexibility index (Phi) is 8.26. The lowest BCUT2D eigenvalue weighted by Gasteiger charge is -2.26. The number of aryl methyl sites for hydroxylation is 1. The number of likely N-dealkylation sites (N-methyl/N-ethyl adjacent to an activating group) is 2. The van der Waals surface area contributed by atoms with Gasteiger partial charge in [0.25, 0.3) is 5.56 Å². The summed E-state index contributed by atoms with van der Waals surface area (Å²) >= 11 is 0. The number of fused-ring (bicyclic) bond motifs is 1. The van der Waals surface area contributed by atoms with Crippen LogP contribution in [0.4, 0.5) is 23.0 Å². The minimum absolute atomic E-state index is 0.187. The third-order valence-electron chi connectivity index (χ3n) is 6.28. The fourth-order valence-corrected chi connectivity index (χ4v) is 4.17. The first-order chi connectivity index (χ1) is 18.7. The lowest BCUT2D eigenvalue weighted by molar-refractivity contribution is -0.111. The highest BCUT2D eigenvalue weighted by Crippen LogP contribution is 2.38. The molecule has 0 spiro atoms. The average Bonchev–Trinajstić information content (AvgIpc) is 2.92. The molecule has 2 heterocycles. The molecule has 4 rings (SSSR count). The molecule has 10 nitrogen and oxygen atoms in total. The summed E-state index contributed by atoms with van der Waals surface area (Å²) in [6.07, 6.45) is 2.91. The molecule has 0 aliphatic carbocycles. The van der Waals surface area contributed by atoms with Crippen LogP contribution in [0.1, 0.15) is 5.56 Å². The number of carbonyl (C=O) groups is 1. The van der Waals surface area contributed by atoms with Crippen LogP contribution >= 0.6 is 0 Å². The van der Waals surface area contributed by atoms with Gasteiger partial charge in [-0.2, -0.15) is 4.98 Å². The first kappa shape index (κ1) is 27.3. The first-order valence-corrected chi connectivity index (χ1v) is 12.4. The quantitative estimate of drug-likeness (QED) is 0.299. The van der Waals surface area contributed by atoms with Gasteiger partial charge in [-0.1, -0.05) is 24.8 Å². The number of rotatable bonds is 10. The summed E-state index contributed by atoms with van der Waals surface area (Å²) < 4.78 is 7.26. The van der Waals surface area contributed by atoms with E-state index in [9.17, 15) is 9.59 Å². The minimum Gasteiger partial charge on any atom is -0.494 e. The molecule has 0 fully saturated rings. The number of carbonyl (C=O) groups excluding carboxylic acids is 1. The monoisotopic (exact) mass is 527 g/mol. The van der Waals surface area contributed by atoms with Crippen molar-refractivity contribution in [2.75, 3.05) is 56.9 Å². The van der Waals surface area contributed by atoms with Crippen molar-refractivity contribution in [1.82, 2.24) is 19.4 Å². The lowest BCUT2D eigenvalue weighted by Crippen LogP contribution is -2.29. The molecule has 0 bridgehead atoms. The van der Waals surface area contributed by atoms with Crippen molar-refractivity contribution in [3.8, 4) is 11.4 Å². The van der Waals surface area contributed by atoms with Gasteiger partial charge in [0.05, 0.1) is 29.9 Å². The van der Waals surface area contributed by atoms with E-state index in [1.807, 2.05) is 69.4 Å². The number of methoxy groups -OCH3 is 1. The van der Waals surface area contributed by atoms with Gasteiger partial charge in [-0.15, -0.1) is 0 Å². The zero-order valence-corrected chi connectivity index (χ0v) is 22.9. The zero-order chi connectivity index (χ0) is 28.1. The number of anilines is 4. The molecular weight excluding hydrogens is 494 g/mol. The molecule has 0 unspecified atom stereocenters. The Labute approximate surface area is 227 Å². The van der Waals surface area contributed by atoms with Crippen molar-refractivity contribution >= 4 is 40.0 Å². The maximum atomic E-state index is 13.0. The highest BCUT2D eigenvalue weighted by molar-refractivity contribution is 6.02. The molecule has 202 valence electrons. The Morgan fingerprint density at radius 2 is 1.85 bits per heavy atom. The Bertz CT molecular complexity index is 1570. The summed E-state index contributed by atoms with van der Waals surface area (Å²) in [7, 11) is 7.53. The fraction of sp³-hybridized carbons (Fsp3) is 0.241. The minimum atomic E-state index is -0.335. The molecule has 10 heteroatoms. The second-order valence-electron chi connectivity index (χ2n) is 9.38. The molecule has 2 aromatic heterocycles. The van der Waals surface area contributed by atoms with Gasteiger partial charge < -0.3 is 25.2 Å². The molecule has 0 aliphatic rings. The maximum absolute atomic E-state index is 13.0. The van der Waals surface area contributed by atoms with Gasteiger partial charge in [-0.05, 0) is 50.9 Å². The second-order valence-corrected chi connectivity index (χ2v) is 9.38. The van der Waals surface area contributed by atoms with E-state index in [2.05, 4.69) is 27.1 Å². The number of pyridine rings is 1. The summed E-state index contributed by atoms with van der Waals surface area (Å²) in [5.41, 5.74) is 3.67. The van der Waals surface area contributed by atoms with Crippen LogP contribution < -0.4 is 25.8 Å². The van der Waals surface area contributed by atoms with Crippen molar-refractivity contribution < 1.29 is 9.53 Å². The first-order valence-electron chi connectivity index (χ1n) is 12.4. The van der Waals surface area contributed by atoms with Crippen LogP contribution in [0, 0.1) is 6.92 Å². The third kappa shape index (κ3) is 6.07. The second kappa shape index (κ2) is 11.8. The van der Waals surface area contributed by atoms with Gasteiger partial charge in [0, 0.05) is 43.9 Å². The number of ether oxygens (including phenoxy) is 1. The van der Waals surface area contributed by atoms with Gasteiger partial charge in [0.1, 0.15) is 5.75 Å². The zero-order valence-electron chi connectivity index (χ0n) is 22.9. The van der Waals surface area contributed by atoms with E-state index in [0.717, 1.165) is 29.7 Å². The van der Waals surface area contributed by atoms with E-state index in [-0.39, 0.29) is 17.4 Å². The summed E-state index contributed by atoms with van der Waals surface area (Å²) in [5, 5.41) is 6.86. The summed E-state index contributed by atoms with van der Waals surface area (Å²) in [5.74, 6) is 0.467. The van der Waals surface area contributed by atoms with Crippen molar-refractivity contribution in [2.24, 2.45) is 0 Å². The van der Waals surface area contributed by atoms with Crippen LogP contribution in [0.5, 0.6) is 5.75 Å². The topological polar surface area (TPSA) is 105 Å². The molecule has 2 aromatic carbocycles. The Morgan fingerprint density at radius 3 is 2.51 bits per heavy atom. The van der Waals surface area contributed by atoms with E-state index in [1.54, 1.807) is 30.0 Å². The highest BCUT2D eigenvalue weighted by atomic mass is 16.5. The van der Waals surface area contributed by atoms with Gasteiger partial charge >= 0.3 is 0 Å². The summed E-state index contributed by atoms with van der Waals surface area (Å²) in [4.78, 5) is 38.6. The van der Waals surface area contributed by atoms with Gasteiger partial charge in [0.15, 0.2) is 5.65 Å². The van der Waals surface area contributed by atoms with Crippen LogP contribution in [0.2, 0.25) is 0 Å². The molecule has 2 N–H and O–H groups in total. The Hall–Kier alpha value is -4.70.